The number of allylic oxidation sites excluding steroid dienone is 2. The Morgan fingerprint density at radius 3 is 2.67 bits per heavy atom. The zero-order valence-electron chi connectivity index (χ0n) is 20.8. The molecular weight excluding hydrogens is 452 g/mol. The fourth-order valence-corrected chi connectivity index (χ4v) is 5.08. The van der Waals surface area contributed by atoms with E-state index in [0.717, 1.165) is 67.0 Å². The molecule has 1 atom stereocenters. The van der Waals surface area contributed by atoms with Crippen molar-refractivity contribution < 1.29 is 4.79 Å². The van der Waals surface area contributed by atoms with Crippen LogP contribution < -0.4 is 0 Å². The number of carbonyl (C=O) groups excluding carboxylic acids is 1. The van der Waals surface area contributed by atoms with E-state index >= 15 is 0 Å². The number of hydrogen-bond acceptors (Lipinski definition) is 5. The highest BCUT2D eigenvalue weighted by Crippen LogP contribution is 2.30. The number of pyridine rings is 1. The molecule has 0 aliphatic carbocycles. The average Bonchev–Trinajstić information content (AvgIpc) is 3.70. The van der Waals surface area contributed by atoms with Crippen LogP contribution >= 0.6 is 0 Å². The first-order valence-electron chi connectivity index (χ1n) is 12.3. The van der Waals surface area contributed by atoms with Crippen LogP contribution in [-0.2, 0) is 11.8 Å². The normalized spacial score (nSPS) is 18.8. The Morgan fingerprint density at radius 2 is 1.97 bits per heavy atom. The van der Waals surface area contributed by atoms with E-state index in [1.54, 1.807) is 33.9 Å². The third-order valence-electron chi connectivity index (χ3n) is 7.10. The first-order chi connectivity index (χ1) is 17.5. The summed E-state index contributed by atoms with van der Waals surface area (Å²) in [7, 11) is 1.87. The number of nitriles is 1. The molecule has 0 aromatic carbocycles. The largest absolute Gasteiger partial charge is 0.359 e. The molecule has 2 aliphatic rings. The Kier molecular flexibility index (Phi) is 6.42. The Labute approximate surface area is 210 Å². The Morgan fingerprint density at radius 1 is 1.17 bits per heavy atom. The van der Waals surface area contributed by atoms with Crippen LogP contribution in [-0.4, -0.2) is 67.1 Å². The predicted molar refractivity (Wildman–Crippen MR) is 139 cm³/mol. The van der Waals surface area contributed by atoms with Crippen LogP contribution in [0.1, 0.15) is 37.3 Å². The number of amidine groups is 1. The van der Waals surface area contributed by atoms with Gasteiger partial charge in [-0.1, -0.05) is 12.7 Å². The summed E-state index contributed by atoms with van der Waals surface area (Å²) in [5.74, 6) is 1.18. The lowest BCUT2D eigenvalue weighted by Crippen LogP contribution is -2.36. The highest BCUT2D eigenvalue weighted by Gasteiger charge is 2.32. The minimum Gasteiger partial charge on any atom is -0.359 e. The number of aliphatic imine (C=N–C) groups is 1. The Bertz CT molecular complexity index is 1410. The van der Waals surface area contributed by atoms with Crippen molar-refractivity contribution >= 4 is 22.8 Å². The van der Waals surface area contributed by atoms with Gasteiger partial charge in [0.15, 0.2) is 0 Å². The molecule has 9 nitrogen and oxygen atoms in total. The van der Waals surface area contributed by atoms with E-state index in [2.05, 4.69) is 27.7 Å². The number of rotatable bonds is 5. The maximum Gasteiger partial charge on any atom is 0.227 e. The van der Waals surface area contributed by atoms with Crippen LogP contribution in [0.2, 0.25) is 0 Å². The van der Waals surface area contributed by atoms with Crippen LogP contribution in [0.15, 0.2) is 54.7 Å². The molecule has 3 aromatic heterocycles. The summed E-state index contributed by atoms with van der Waals surface area (Å²) in [5.41, 5.74) is 4.67. The van der Waals surface area contributed by atoms with Gasteiger partial charge < -0.3 is 9.80 Å². The lowest BCUT2D eigenvalue weighted by atomic mass is 10.0. The van der Waals surface area contributed by atoms with Crippen molar-refractivity contribution in [2.45, 2.75) is 26.2 Å². The van der Waals surface area contributed by atoms with Gasteiger partial charge in [-0.3, -0.25) is 9.48 Å². The molecule has 5 heterocycles. The van der Waals surface area contributed by atoms with Gasteiger partial charge in [0, 0.05) is 74.1 Å². The maximum atomic E-state index is 12.8. The molecular formula is C27H30N8O. The zero-order chi connectivity index (χ0) is 25.2. The number of hydrogen-bond donors (Lipinski definition) is 0. The molecule has 3 aromatic rings. The fourth-order valence-electron chi connectivity index (χ4n) is 5.08. The van der Waals surface area contributed by atoms with Gasteiger partial charge in [0.1, 0.15) is 11.9 Å². The molecule has 0 saturated carbocycles. The first-order valence-corrected chi connectivity index (χ1v) is 12.3. The van der Waals surface area contributed by atoms with Crippen LogP contribution in [0.5, 0.6) is 0 Å². The topological polar surface area (TPSA) is 94.8 Å². The van der Waals surface area contributed by atoms with Gasteiger partial charge >= 0.3 is 0 Å². The average molecular weight is 483 g/mol. The number of aryl methyl sites for hydroxylation is 1. The Hall–Kier alpha value is -4.19. The summed E-state index contributed by atoms with van der Waals surface area (Å²) in [4.78, 5) is 21.8. The van der Waals surface area contributed by atoms with E-state index in [1.807, 2.05) is 37.3 Å². The van der Waals surface area contributed by atoms with Crippen LogP contribution in [0, 0.1) is 17.2 Å². The van der Waals surface area contributed by atoms with Gasteiger partial charge in [-0.25, -0.2) is 9.51 Å². The van der Waals surface area contributed by atoms with Gasteiger partial charge in [0.25, 0.3) is 0 Å². The fraction of sp³-hybridized carbons (Fsp3) is 0.370. The standard InChI is InChI=1S/C27H30N8O/c1-4-20(13-29-19(2)34-10-7-21(17-34)27(36)33-8-5-6-9-33)25-11-22(24-15-30-32(3)16-24)18-35-26(25)23(12-28)14-31-35/h4,11,13-16,18,21H,1,5-10,17H2,2-3H3/b20-13+,29-19+/t21-/m0/s1. The van der Waals surface area contributed by atoms with Crippen LogP contribution in [0.25, 0.3) is 22.2 Å². The third-order valence-corrected chi connectivity index (χ3v) is 7.10. The molecule has 184 valence electrons. The molecule has 0 N–H and O–H groups in total. The highest BCUT2D eigenvalue weighted by atomic mass is 16.2. The summed E-state index contributed by atoms with van der Waals surface area (Å²) < 4.78 is 3.47. The van der Waals surface area contributed by atoms with Gasteiger partial charge in [-0.15, -0.1) is 0 Å². The van der Waals surface area contributed by atoms with Gasteiger partial charge in [-0.05, 0) is 32.3 Å². The molecule has 2 fully saturated rings. The first kappa shape index (κ1) is 23.5. The SMILES string of the molecule is C=C/C(=C\N=C(/C)N1CC[C@H](C(=O)N2CCCC2)C1)c1cc(-c2cnn(C)c2)cn2ncc(C#N)c12. The van der Waals surface area contributed by atoms with E-state index in [9.17, 15) is 10.1 Å². The minimum absolute atomic E-state index is 0.0388. The maximum absolute atomic E-state index is 12.8. The molecule has 9 heteroatoms. The lowest BCUT2D eigenvalue weighted by Gasteiger charge is -2.21. The van der Waals surface area contributed by atoms with Crippen LogP contribution in [0.3, 0.4) is 0 Å². The van der Waals surface area contributed by atoms with Crippen molar-refractivity contribution in [2.24, 2.45) is 18.0 Å². The number of nitrogens with zero attached hydrogens (tertiary/aromatic N) is 8. The molecule has 2 saturated heterocycles. The molecule has 0 radical (unpaired) electrons. The smallest absolute Gasteiger partial charge is 0.227 e. The summed E-state index contributed by atoms with van der Waals surface area (Å²) in [6.45, 7) is 9.28. The van der Waals surface area contributed by atoms with E-state index < -0.39 is 0 Å². The van der Waals surface area contributed by atoms with E-state index in [1.165, 1.54) is 0 Å². The molecule has 36 heavy (non-hydrogen) atoms. The van der Waals surface area contributed by atoms with E-state index in [-0.39, 0.29) is 11.8 Å². The number of likely N-dealkylation sites (tertiary alicyclic amines) is 2. The van der Waals surface area contributed by atoms with Crippen molar-refractivity contribution in [1.82, 2.24) is 29.2 Å². The molecule has 0 bridgehead atoms. The van der Waals surface area contributed by atoms with Crippen molar-refractivity contribution in [3.63, 3.8) is 0 Å². The Balaban J connectivity index is 1.45. The highest BCUT2D eigenvalue weighted by molar-refractivity contribution is 5.90. The van der Waals surface area contributed by atoms with Gasteiger partial charge in [-0.2, -0.15) is 15.5 Å². The van der Waals surface area contributed by atoms with Crippen LogP contribution in [0.4, 0.5) is 0 Å². The van der Waals surface area contributed by atoms with Crippen molar-refractivity contribution in [3.05, 3.63) is 60.8 Å². The van der Waals surface area contributed by atoms with Crippen molar-refractivity contribution in [2.75, 3.05) is 26.2 Å². The minimum atomic E-state index is 0.0388. The number of fused-ring (bicyclic) bond motifs is 1. The number of carbonyl (C=O) groups is 1. The summed E-state index contributed by atoms with van der Waals surface area (Å²) in [6.07, 6.45) is 13.8. The lowest BCUT2D eigenvalue weighted by molar-refractivity contribution is -0.133. The van der Waals surface area contributed by atoms with Crippen molar-refractivity contribution in [3.8, 4) is 17.2 Å². The quantitative estimate of drug-likeness (QED) is 0.315. The second-order valence-corrected chi connectivity index (χ2v) is 9.44. The van der Waals surface area contributed by atoms with E-state index in [0.29, 0.717) is 17.6 Å². The predicted octanol–water partition coefficient (Wildman–Crippen LogP) is 3.50. The molecule has 5 rings (SSSR count). The van der Waals surface area contributed by atoms with E-state index in [4.69, 9.17) is 4.99 Å². The summed E-state index contributed by atoms with van der Waals surface area (Å²) >= 11 is 0. The molecule has 0 spiro atoms. The monoisotopic (exact) mass is 482 g/mol. The second-order valence-electron chi connectivity index (χ2n) is 9.44. The summed E-state index contributed by atoms with van der Waals surface area (Å²) in [5, 5.41) is 18.4. The molecule has 2 aliphatic heterocycles. The van der Waals surface area contributed by atoms with Gasteiger partial charge in [0.05, 0.1) is 29.4 Å². The molecule has 0 unspecified atom stereocenters. The summed E-state index contributed by atoms with van der Waals surface area (Å²) in [6, 6.07) is 4.26. The number of aromatic nitrogens is 4. The third kappa shape index (κ3) is 4.42. The van der Waals surface area contributed by atoms with Gasteiger partial charge in [0.2, 0.25) is 5.91 Å². The van der Waals surface area contributed by atoms with Crippen molar-refractivity contribution in [1.29, 1.82) is 5.26 Å². The second kappa shape index (κ2) is 9.82. The zero-order valence-corrected chi connectivity index (χ0v) is 20.8. The molecule has 1 amide bonds. The number of amides is 1.